The van der Waals surface area contributed by atoms with Gasteiger partial charge in [-0.25, -0.2) is 13.8 Å². The lowest BCUT2D eigenvalue weighted by Crippen LogP contribution is -2.24. The van der Waals surface area contributed by atoms with Gasteiger partial charge in [-0.2, -0.15) is 0 Å². The van der Waals surface area contributed by atoms with Gasteiger partial charge in [0.1, 0.15) is 28.7 Å². The molecule has 0 spiro atoms. The van der Waals surface area contributed by atoms with Crippen LogP contribution in [0.15, 0.2) is 59.6 Å². The maximum Gasteiger partial charge on any atom is 0.257 e. The molecule has 0 aliphatic carbocycles. The predicted octanol–water partition coefficient (Wildman–Crippen LogP) is 4.70. The average molecular weight is 429 g/mol. The summed E-state index contributed by atoms with van der Waals surface area (Å²) in [4.78, 5) is 16.7. The van der Waals surface area contributed by atoms with E-state index in [2.05, 4.69) is 15.5 Å². The van der Waals surface area contributed by atoms with Crippen molar-refractivity contribution in [2.45, 2.75) is 13.5 Å². The highest BCUT2D eigenvalue weighted by atomic mass is 35.5. The molecule has 9 heteroatoms. The van der Waals surface area contributed by atoms with Crippen LogP contribution in [0.3, 0.4) is 0 Å². The number of rotatable bonds is 5. The fraction of sp³-hybridized carbons (Fsp3) is 0.0952. The van der Waals surface area contributed by atoms with Crippen LogP contribution in [-0.4, -0.2) is 20.6 Å². The summed E-state index contributed by atoms with van der Waals surface area (Å²) < 4.78 is 35.3. The van der Waals surface area contributed by atoms with Crippen molar-refractivity contribution in [2.24, 2.45) is 0 Å². The molecule has 2 aromatic carbocycles. The Morgan fingerprint density at radius 1 is 1.23 bits per heavy atom. The fourth-order valence-electron chi connectivity index (χ4n) is 3.08. The Hall–Kier alpha value is -3.52. The van der Waals surface area contributed by atoms with E-state index >= 15 is 0 Å². The molecule has 0 fully saturated rings. The number of carbonyl (C=O) groups is 1. The van der Waals surface area contributed by atoms with Crippen molar-refractivity contribution in [1.29, 1.82) is 0 Å². The van der Waals surface area contributed by atoms with Crippen LogP contribution in [0.25, 0.3) is 16.9 Å². The molecule has 0 bridgehead atoms. The Bertz CT molecular complexity index is 1200. The minimum absolute atomic E-state index is 0.00902. The minimum Gasteiger partial charge on any atom is -0.360 e. The summed E-state index contributed by atoms with van der Waals surface area (Å²) in [6.07, 6.45) is 4.67. The molecule has 0 aliphatic rings. The summed E-state index contributed by atoms with van der Waals surface area (Å²) in [6, 6.07) is 8.77. The van der Waals surface area contributed by atoms with Gasteiger partial charge in [0.15, 0.2) is 0 Å². The van der Waals surface area contributed by atoms with Crippen molar-refractivity contribution in [2.75, 3.05) is 0 Å². The van der Waals surface area contributed by atoms with Crippen molar-refractivity contribution in [3.63, 3.8) is 0 Å². The van der Waals surface area contributed by atoms with E-state index in [1.165, 1.54) is 30.6 Å². The van der Waals surface area contributed by atoms with Gasteiger partial charge in [0.25, 0.3) is 5.91 Å². The second-order valence-electron chi connectivity index (χ2n) is 6.50. The van der Waals surface area contributed by atoms with Crippen LogP contribution in [0, 0.1) is 18.6 Å². The van der Waals surface area contributed by atoms with Crippen molar-refractivity contribution < 1.29 is 18.1 Å². The minimum atomic E-state index is -0.623. The number of imidazole rings is 1. The lowest BCUT2D eigenvalue weighted by atomic mass is 10.0. The zero-order valence-corrected chi connectivity index (χ0v) is 16.5. The normalized spacial score (nSPS) is 10.9. The third kappa shape index (κ3) is 3.69. The van der Waals surface area contributed by atoms with Crippen LogP contribution in [0.4, 0.5) is 8.78 Å². The topological polar surface area (TPSA) is 73.0 Å². The fourth-order valence-corrected chi connectivity index (χ4v) is 3.33. The van der Waals surface area contributed by atoms with Crippen LogP contribution in [0.5, 0.6) is 0 Å². The number of hydrogen-bond acceptors (Lipinski definition) is 4. The number of amides is 1. The Kier molecular flexibility index (Phi) is 5.33. The highest BCUT2D eigenvalue weighted by Gasteiger charge is 2.25. The molecule has 6 nitrogen and oxygen atoms in total. The van der Waals surface area contributed by atoms with E-state index in [1.807, 2.05) is 0 Å². The van der Waals surface area contributed by atoms with Crippen molar-refractivity contribution in [1.82, 2.24) is 20.0 Å². The molecule has 0 atom stereocenters. The van der Waals surface area contributed by atoms with Gasteiger partial charge in [-0.05, 0) is 36.8 Å². The standard InChI is InChI=1S/C21H15ClF2N4O2/c1-12-18(20(27-30-12)19-14(22)3-2-4-15(19)23)21(29)26-10-13-5-6-17(16(24)9-13)28-8-7-25-11-28/h2-9,11H,10H2,1H3,(H,26,29). The summed E-state index contributed by atoms with van der Waals surface area (Å²) in [7, 11) is 0. The first kappa shape index (κ1) is 19.8. The largest absolute Gasteiger partial charge is 0.360 e. The van der Waals surface area contributed by atoms with Crippen LogP contribution >= 0.6 is 11.6 Å². The monoisotopic (exact) mass is 428 g/mol. The average Bonchev–Trinajstić information content (AvgIpc) is 3.36. The highest BCUT2D eigenvalue weighted by molar-refractivity contribution is 6.33. The third-order valence-corrected chi connectivity index (χ3v) is 4.85. The maximum absolute atomic E-state index is 14.4. The second-order valence-corrected chi connectivity index (χ2v) is 6.90. The molecule has 152 valence electrons. The Morgan fingerprint density at radius 2 is 2.07 bits per heavy atom. The summed E-state index contributed by atoms with van der Waals surface area (Å²) in [5.41, 5.74) is 0.947. The predicted molar refractivity (Wildman–Crippen MR) is 106 cm³/mol. The third-order valence-electron chi connectivity index (χ3n) is 4.54. The van der Waals surface area contributed by atoms with E-state index in [0.29, 0.717) is 11.3 Å². The second kappa shape index (κ2) is 8.08. The van der Waals surface area contributed by atoms with E-state index in [0.717, 1.165) is 0 Å². The Balaban J connectivity index is 1.56. The molecule has 2 aromatic heterocycles. The zero-order valence-electron chi connectivity index (χ0n) is 15.7. The molecule has 0 radical (unpaired) electrons. The van der Waals surface area contributed by atoms with E-state index in [4.69, 9.17) is 16.1 Å². The SMILES string of the molecule is Cc1onc(-c2c(F)cccc2Cl)c1C(=O)NCc1ccc(-n2ccnc2)c(F)c1. The first-order valence-electron chi connectivity index (χ1n) is 8.91. The van der Waals surface area contributed by atoms with E-state index in [1.54, 1.807) is 36.0 Å². The molecular formula is C21H15ClF2N4O2. The first-order valence-corrected chi connectivity index (χ1v) is 9.29. The molecule has 0 unspecified atom stereocenters. The van der Waals surface area contributed by atoms with Crippen molar-refractivity contribution >= 4 is 17.5 Å². The lowest BCUT2D eigenvalue weighted by molar-refractivity contribution is 0.0950. The van der Waals surface area contributed by atoms with Crippen LogP contribution in [0.1, 0.15) is 21.7 Å². The van der Waals surface area contributed by atoms with Gasteiger partial charge in [-0.15, -0.1) is 0 Å². The summed E-state index contributed by atoms with van der Waals surface area (Å²) in [5.74, 6) is -1.41. The molecule has 4 aromatic rings. The van der Waals surface area contributed by atoms with Crippen molar-refractivity contribution in [3.05, 3.63) is 88.7 Å². The summed E-state index contributed by atoms with van der Waals surface area (Å²) in [5, 5.41) is 6.60. The number of nitrogens with zero attached hydrogens (tertiary/aromatic N) is 3. The molecule has 4 rings (SSSR count). The molecule has 0 saturated heterocycles. The maximum atomic E-state index is 14.4. The Labute approximate surface area is 175 Å². The van der Waals surface area contributed by atoms with E-state index in [9.17, 15) is 13.6 Å². The molecular weight excluding hydrogens is 414 g/mol. The van der Waals surface area contributed by atoms with Crippen LogP contribution < -0.4 is 5.32 Å². The highest BCUT2D eigenvalue weighted by Crippen LogP contribution is 2.33. The molecule has 1 N–H and O–H groups in total. The summed E-state index contributed by atoms with van der Waals surface area (Å²) in [6.45, 7) is 1.59. The number of benzene rings is 2. The number of aromatic nitrogens is 3. The molecule has 2 heterocycles. The molecule has 30 heavy (non-hydrogen) atoms. The van der Waals surface area contributed by atoms with Gasteiger partial charge in [-0.3, -0.25) is 4.79 Å². The van der Waals surface area contributed by atoms with Gasteiger partial charge in [0.2, 0.25) is 0 Å². The molecule has 0 saturated carbocycles. The van der Waals surface area contributed by atoms with Gasteiger partial charge in [-0.1, -0.05) is 28.9 Å². The van der Waals surface area contributed by atoms with Crippen molar-refractivity contribution in [3.8, 4) is 16.9 Å². The van der Waals surface area contributed by atoms with Gasteiger partial charge in [0.05, 0.1) is 22.6 Å². The van der Waals surface area contributed by atoms with Crippen LogP contribution in [-0.2, 0) is 6.54 Å². The smallest absolute Gasteiger partial charge is 0.257 e. The first-order chi connectivity index (χ1) is 14.5. The number of nitrogens with one attached hydrogen (secondary N) is 1. The van der Waals surface area contributed by atoms with E-state index < -0.39 is 17.5 Å². The van der Waals surface area contributed by atoms with Crippen LogP contribution in [0.2, 0.25) is 5.02 Å². The van der Waals surface area contributed by atoms with E-state index in [-0.39, 0.29) is 34.1 Å². The number of aryl methyl sites for hydroxylation is 1. The number of hydrogen-bond donors (Lipinski definition) is 1. The number of carbonyl (C=O) groups excluding carboxylic acids is 1. The van der Waals surface area contributed by atoms with Gasteiger partial charge < -0.3 is 14.4 Å². The lowest BCUT2D eigenvalue weighted by Gasteiger charge is -2.09. The van der Waals surface area contributed by atoms with Gasteiger partial charge >= 0.3 is 0 Å². The Morgan fingerprint density at radius 3 is 2.77 bits per heavy atom. The number of halogens is 3. The summed E-state index contributed by atoms with van der Waals surface area (Å²) >= 11 is 6.10. The van der Waals surface area contributed by atoms with Gasteiger partial charge in [0, 0.05) is 18.9 Å². The molecule has 0 aliphatic heterocycles. The zero-order chi connectivity index (χ0) is 21.3. The quantitative estimate of drug-likeness (QED) is 0.500. The molecule has 1 amide bonds.